The average Bonchev–Trinajstić information content (AvgIpc) is 2.42. The SMILES string of the molecule is O=S1(=O)CCC(Nc2cccc3cnccc23)CC1. The Labute approximate surface area is 112 Å². The third kappa shape index (κ3) is 2.71. The Hall–Kier alpha value is -1.62. The van der Waals surface area contributed by atoms with Crippen LogP contribution in [0.25, 0.3) is 10.8 Å². The second kappa shape index (κ2) is 4.81. The molecule has 19 heavy (non-hydrogen) atoms. The van der Waals surface area contributed by atoms with E-state index in [0.717, 1.165) is 16.5 Å². The number of rotatable bonds is 2. The zero-order valence-electron chi connectivity index (χ0n) is 10.5. The van der Waals surface area contributed by atoms with Gasteiger partial charge in [-0.1, -0.05) is 12.1 Å². The van der Waals surface area contributed by atoms with E-state index in [-0.39, 0.29) is 17.5 Å². The molecule has 4 nitrogen and oxygen atoms in total. The van der Waals surface area contributed by atoms with Crippen molar-refractivity contribution in [1.82, 2.24) is 4.98 Å². The molecule has 0 bridgehead atoms. The fraction of sp³-hybridized carbons (Fsp3) is 0.357. The molecule has 5 heteroatoms. The van der Waals surface area contributed by atoms with E-state index in [1.807, 2.05) is 30.5 Å². The summed E-state index contributed by atoms with van der Waals surface area (Å²) in [4.78, 5) is 4.11. The zero-order valence-corrected chi connectivity index (χ0v) is 11.4. The van der Waals surface area contributed by atoms with Crippen molar-refractivity contribution in [3.8, 4) is 0 Å². The largest absolute Gasteiger partial charge is 0.382 e. The summed E-state index contributed by atoms with van der Waals surface area (Å²) < 4.78 is 22.8. The third-order valence-corrected chi connectivity index (χ3v) is 5.31. The Morgan fingerprint density at radius 2 is 1.95 bits per heavy atom. The summed E-state index contributed by atoms with van der Waals surface area (Å²) in [6, 6.07) is 8.27. The Morgan fingerprint density at radius 3 is 2.74 bits per heavy atom. The third-order valence-electron chi connectivity index (χ3n) is 3.60. The van der Waals surface area contributed by atoms with Gasteiger partial charge in [0.1, 0.15) is 9.84 Å². The van der Waals surface area contributed by atoms with E-state index < -0.39 is 9.84 Å². The van der Waals surface area contributed by atoms with Crippen LogP contribution in [-0.4, -0.2) is 30.9 Å². The van der Waals surface area contributed by atoms with E-state index in [9.17, 15) is 8.42 Å². The van der Waals surface area contributed by atoms with Crippen LogP contribution in [0.15, 0.2) is 36.7 Å². The lowest BCUT2D eigenvalue weighted by Gasteiger charge is -2.24. The van der Waals surface area contributed by atoms with Crippen molar-refractivity contribution >= 4 is 26.3 Å². The zero-order chi connectivity index (χ0) is 13.3. The molecule has 1 aliphatic heterocycles. The van der Waals surface area contributed by atoms with Crippen LogP contribution in [0.3, 0.4) is 0 Å². The summed E-state index contributed by atoms with van der Waals surface area (Å²) in [6.07, 6.45) is 4.98. The minimum absolute atomic E-state index is 0.238. The minimum Gasteiger partial charge on any atom is -0.382 e. The van der Waals surface area contributed by atoms with Crippen LogP contribution in [0.4, 0.5) is 5.69 Å². The van der Waals surface area contributed by atoms with Gasteiger partial charge < -0.3 is 5.32 Å². The second-order valence-corrected chi connectivity index (χ2v) is 7.28. The number of fused-ring (bicyclic) bond motifs is 1. The molecule has 1 saturated heterocycles. The highest BCUT2D eigenvalue weighted by Gasteiger charge is 2.23. The molecule has 1 N–H and O–H groups in total. The van der Waals surface area contributed by atoms with Crippen molar-refractivity contribution in [2.45, 2.75) is 18.9 Å². The number of hydrogen-bond donors (Lipinski definition) is 1. The molecule has 2 heterocycles. The molecular weight excluding hydrogens is 260 g/mol. The van der Waals surface area contributed by atoms with Gasteiger partial charge in [-0.15, -0.1) is 0 Å². The summed E-state index contributed by atoms with van der Waals surface area (Å²) in [5, 5.41) is 5.69. The molecule has 0 unspecified atom stereocenters. The van der Waals surface area contributed by atoms with Gasteiger partial charge >= 0.3 is 0 Å². The Kier molecular flexibility index (Phi) is 3.14. The monoisotopic (exact) mass is 276 g/mol. The first-order chi connectivity index (χ1) is 9.14. The molecule has 3 rings (SSSR count). The Morgan fingerprint density at radius 1 is 1.16 bits per heavy atom. The van der Waals surface area contributed by atoms with E-state index in [1.54, 1.807) is 6.20 Å². The lowest BCUT2D eigenvalue weighted by molar-refractivity contribution is 0.560. The molecule has 0 amide bonds. The normalized spacial score (nSPS) is 19.4. The Bertz CT molecular complexity index is 678. The molecule has 0 atom stereocenters. The molecule has 1 aromatic heterocycles. The molecule has 1 fully saturated rings. The van der Waals surface area contributed by atoms with Crippen molar-refractivity contribution in [3.63, 3.8) is 0 Å². The fourth-order valence-corrected chi connectivity index (χ4v) is 3.99. The maximum Gasteiger partial charge on any atom is 0.150 e. The maximum absolute atomic E-state index is 11.4. The first-order valence-corrected chi connectivity index (χ1v) is 8.26. The summed E-state index contributed by atoms with van der Waals surface area (Å²) in [5.74, 6) is 0.577. The molecule has 2 aromatic rings. The molecule has 1 aliphatic rings. The summed E-state index contributed by atoms with van der Waals surface area (Å²) in [5.41, 5.74) is 1.06. The lowest BCUT2D eigenvalue weighted by Crippen LogP contribution is -2.32. The molecule has 1 aromatic carbocycles. The van der Waals surface area contributed by atoms with E-state index in [1.165, 1.54) is 0 Å². The predicted octanol–water partition coefficient (Wildman–Crippen LogP) is 2.22. The van der Waals surface area contributed by atoms with Crippen LogP contribution in [0.5, 0.6) is 0 Å². The van der Waals surface area contributed by atoms with Crippen LogP contribution < -0.4 is 5.32 Å². The minimum atomic E-state index is -2.80. The van der Waals surface area contributed by atoms with Crippen molar-refractivity contribution in [3.05, 3.63) is 36.7 Å². The first kappa shape index (κ1) is 12.4. The van der Waals surface area contributed by atoms with Crippen molar-refractivity contribution < 1.29 is 8.42 Å². The standard InChI is InChI=1S/C14H16N2O2S/c17-19(18)8-5-12(6-9-19)16-14-3-1-2-11-10-15-7-4-13(11)14/h1-4,7,10,12,16H,5-6,8-9H2. The molecule has 0 spiro atoms. The number of anilines is 1. The highest BCUT2D eigenvalue weighted by Crippen LogP contribution is 2.25. The number of pyridine rings is 1. The maximum atomic E-state index is 11.4. The van der Waals surface area contributed by atoms with Crippen LogP contribution >= 0.6 is 0 Å². The van der Waals surface area contributed by atoms with Crippen LogP contribution in [0, 0.1) is 0 Å². The number of aromatic nitrogens is 1. The van der Waals surface area contributed by atoms with Gasteiger partial charge in [0.2, 0.25) is 0 Å². The highest BCUT2D eigenvalue weighted by molar-refractivity contribution is 7.91. The summed E-state index contributed by atoms with van der Waals surface area (Å²) >= 11 is 0. The van der Waals surface area contributed by atoms with Crippen molar-refractivity contribution in [2.24, 2.45) is 0 Å². The van der Waals surface area contributed by atoms with Gasteiger partial charge in [0.25, 0.3) is 0 Å². The van der Waals surface area contributed by atoms with E-state index >= 15 is 0 Å². The number of nitrogens with zero attached hydrogens (tertiary/aromatic N) is 1. The number of benzene rings is 1. The van der Waals surface area contributed by atoms with Crippen molar-refractivity contribution in [1.29, 1.82) is 0 Å². The quantitative estimate of drug-likeness (QED) is 0.913. The number of nitrogens with one attached hydrogen (secondary N) is 1. The smallest absolute Gasteiger partial charge is 0.150 e. The van der Waals surface area contributed by atoms with Crippen molar-refractivity contribution in [2.75, 3.05) is 16.8 Å². The first-order valence-electron chi connectivity index (χ1n) is 6.44. The van der Waals surface area contributed by atoms with E-state index in [4.69, 9.17) is 0 Å². The second-order valence-electron chi connectivity index (χ2n) is 4.97. The molecule has 0 radical (unpaired) electrons. The number of sulfone groups is 1. The van der Waals surface area contributed by atoms with Gasteiger partial charge in [-0.2, -0.15) is 0 Å². The molecular formula is C14H16N2O2S. The molecule has 100 valence electrons. The summed E-state index contributed by atoms with van der Waals surface area (Å²) in [6.45, 7) is 0. The number of hydrogen-bond acceptors (Lipinski definition) is 4. The van der Waals surface area contributed by atoms with Crippen LogP contribution in [0.1, 0.15) is 12.8 Å². The van der Waals surface area contributed by atoms with Gasteiger partial charge in [-0.3, -0.25) is 4.98 Å². The molecule has 0 saturated carbocycles. The topological polar surface area (TPSA) is 59.1 Å². The van der Waals surface area contributed by atoms with Gasteiger partial charge in [-0.05, 0) is 25.0 Å². The van der Waals surface area contributed by atoms with Gasteiger partial charge in [0.05, 0.1) is 11.5 Å². The molecule has 0 aliphatic carbocycles. The van der Waals surface area contributed by atoms with Crippen LogP contribution in [0.2, 0.25) is 0 Å². The fourth-order valence-electron chi connectivity index (χ4n) is 2.50. The summed E-state index contributed by atoms with van der Waals surface area (Å²) in [7, 11) is -2.80. The average molecular weight is 276 g/mol. The lowest BCUT2D eigenvalue weighted by atomic mass is 10.1. The Balaban J connectivity index is 1.83. The predicted molar refractivity (Wildman–Crippen MR) is 77.0 cm³/mol. The van der Waals surface area contributed by atoms with Gasteiger partial charge in [-0.25, -0.2) is 8.42 Å². The highest BCUT2D eigenvalue weighted by atomic mass is 32.2. The van der Waals surface area contributed by atoms with E-state index in [2.05, 4.69) is 10.3 Å². The van der Waals surface area contributed by atoms with E-state index in [0.29, 0.717) is 12.8 Å². The van der Waals surface area contributed by atoms with Crippen LogP contribution in [-0.2, 0) is 9.84 Å². The van der Waals surface area contributed by atoms with Gasteiger partial charge in [0, 0.05) is 34.9 Å². The van der Waals surface area contributed by atoms with Gasteiger partial charge in [0.15, 0.2) is 0 Å².